The first kappa shape index (κ1) is 13.5. The molecule has 0 spiro atoms. The Morgan fingerprint density at radius 3 is 2.74 bits per heavy atom. The number of carboxylic acid groups (broad SMARTS) is 1. The fourth-order valence-electron chi connectivity index (χ4n) is 1.61. The van der Waals surface area contributed by atoms with Gasteiger partial charge < -0.3 is 5.11 Å². The molecular weight excluding hydrogens is 273 g/mol. The Labute approximate surface area is 113 Å². The summed E-state index contributed by atoms with van der Waals surface area (Å²) in [7, 11) is 0. The molecule has 5 nitrogen and oxygen atoms in total. The van der Waals surface area contributed by atoms with E-state index >= 15 is 0 Å². The van der Waals surface area contributed by atoms with Crippen molar-refractivity contribution in [2.75, 3.05) is 0 Å². The zero-order chi connectivity index (χ0) is 14.2. The van der Waals surface area contributed by atoms with Crippen molar-refractivity contribution in [1.82, 2.24) is 14.8 Å². The summed E-state index contributed by atoms with van der Waals surface area (Å²) in [5, 5.41) is 13.1. The van der Waals surface area contributed by atoms with Gasteiger partial charge in [0.1, 0.15) is 11.6 Å². The molecule has 2 aromatic rings. The van der Waals surface area contributed by atoms with Gasteiger partial charge in [0.15, 0.2) is 0 Å². The molecule has 1 aromatic heterocycles. The highest BCUT2D eigenvalue weighted by molar-refractivity contribution is 6.32. The smallest absolute Gasteiger partial charge is 0.375 e. The zero-order valence-electron chi connectivity index (χ0n) is 10.3. The first-order chi connectivity index (χ1) is 8.90. The molecule has 0 saturated heterocycles. The van der Waals surface area contributed by atoms with Crippen LogP contribution in [0.25, 0.3) is 5.69 Å². The van der Waals surface area contributed by atoms with E-state index < -0.39 is 11.8 Å². The standard InChI is InChI=1S/C12H11ClFN3O2/c1-6(2)11-15-10(12(18)19)16-17(11)9-5-7(14)3-4-8(9)13/h3-6H,1-2H3,(H,18,19). The predicted octanol–water partition coefficient (Wildman–Crippen LogP) is 2.88. The van der Waals surface area contributed by atoms with Crippen molar-refractivity contribution in [1.29, 1.82) is 0 Å². The van der Waals surface area contributed by atoms with Crippen LogP contribution in [0, 0.1) is 5.82 Å². The van der Waals surface area contributed by atoms with Gasteiger partial charge in [0.05, 0.1) is 10.7 Å². The number of aromatic carboxylic acids is 1. The number of carboxylic acids is 1. The molecular formula is C12H11ClFN3O2. The molecule has 0 atom stereocenters. The summed E-state index contributed by atoms with van der Waals surface area (Å²) in [4.78, 5) is 14.9. The van der Waals surface area contributed by atoms with Crippen molar-refractivity contribution in [3.8, 4) is 5.69 Å². The van der Waals surface area contributed by atoms with Crippen LogP contribution in [0.4, 0.5) is 4.39 Å². The number of carbonyl (C=O) groups is 1. The van der Waals surface area contributed by atoms with Gasteiger partial charge >= 0.3 is 5.97 Å². The SMILES string of the molecule is CC(C)c1nc(C(=O)O)nn1-c1cc(F)ccc1Cl. The van der Waals surface area contributed by atoms with E-state index in [-0.39, 0.29) is 22.5 Å². The van der Waals surface area contributed by atoms with Crippen LogP contribution in [0.5, 0.6) is 0 Å². The highest BCUT2D eigenvalue weighted by atomic mass is 35.5. The van der Waals surface area contributed by atoms with Crippen molar-refractivity contribution < 1.29 is 14.3 Å². The van der Waals surface area contributed by atoms with E-state index in [0.29, 0.717) is 5.82 Å². The number of hydrogen-bond donors (Lipinski definition) is 1. The third-order valence-corrected chi connectivity index (χ3v) is 2.80. The van der Waals surface area contributed by atoms with Gasteiger partial charge in [-0.25, -0.2) is 18.9 Å². The van der Waals surface area contributed by atoms with Crippen LogP contribution in [-0.2, 0) is 0 Å². The first-order valence-corrected chi connectivity index (χ1v) is 5.93. The number of nitrogens with zero attached hydrogens (tertiary/aromatic N) is 3. The van der Waals surface area contributed by atoms with Gasteiger partial charge in [0.2, 0.25) is 0 Å². The number of halogens is 2. The van der Waals surface area contributed by atoms with Crippen molar-refractivity contribution in [3.63, 3.8) is 0 Å². The minimum absolute atomic E-state index is 0.0834. The Morgan fingerprint density at radius 2 is 2.16 bits per heavy atom. The van der Waals surface area contributed by atoms with Crippen molar-refractivity contribution in [2.45, 2.75) is 19.8 Å². The molecule has 0 amide bonds. The van der Waals surface area contributed by atoms with Gasteiger partial charge in [-0.1, -0.05) is 25.4 Å². The molecule has 0 aliphatic rings. The largest absolute Gasteiger partial charge is 0.475 e. The number of benzene rings is 1. The monoisotopic (exact) mass is 283 g/mol. The van der Waals surface area contributed by atoms with E-state index in [1.54, 1.807) is 0 Å². The van der Waals surface area contributed by atoms with E-state index in [4.69, 9.17) is 16.7 Å². The second-order valence-electron chi connectivity index (χ2n) is 4.26. The van der Waals surface area contributed by atoms with Gasteiger partial charge in [-0.15, -0.1) is 5.10 Å². The average Bonchev–Trinajstić information content (AvgIpc) is 2.77. The molecule has 100 valence electrons. The molecule has 0 unspecified atom stereocenters. The summed E-state index contributed by atoms with van der Waals surface area (Å²) in [6.45, 7) is 3.67. The maximum atomic E-state index is 13.3. The van der Waals surface area contributed by atoms with Crippen molar-refractivity contribution >= 4 is 17.6 Å². The van der Waals surface area contributed by atoms with Crippen molar-refractivity contribution in [3.05, 3.63) is 40.7 Å². The van der Waals surface area contributed by atoms with Gasteiger partial charge in [0.25, 0.3) is 5.82 Å². The molecule has 19 heavy (non-hydrogen) atoms. The lowest BCUT2D eigenvalue weighted by Crippen LogP contribution is -2.06. The minimum Gasteiger partial charge on any atom is -0.475 e. The molecule has 1 N–H and O–H groups in total. The van der Waals surface area contributed by atoms with Crippen molar-refractivity contribution in [2.24, 2.45) is 0 Å². The van der Waals surface area contributed by atoms with Gasteiger partial charge in [0, 0.05) is 12.0 Å². The molecule has 2 rings (SSSR count). The Kier molecular flexibility index (Phi) is 3.53. The Hall–Kier alpha value is -1.95. The van der Waals surface area contributed by atoms with E-state index in [2.05, 4.69) is 10.1 Å². The quantitative estimate of drug-likeness (QED) is 0.940. The normalized spacial score (nSPS) is 11.0. The van der Waals surface area contributed by atoms with E-state index in [0.717, 1.165) is 0 Å². The van der Waals surface area contributed by atoms with E-state index in [1.165, 1.54) is 22.9 Å². The highest BCUT2D eigenvalue weighted by Gasteiger charge is 2.20. The second kappa shape index (κ2) is 4.97. The van der Waals surface area contributed by atoms with E-state index in [1.807, 2.05) is 13.8 Å². The Balaban J connectivity index is 2.66. The molecule has 0 saturated carbocycles. The highest BCUT2D eigenvalue weighted by Crippen LogP contribution is 2.24. The molecule has 0 aliphatic heterocycles. The Morgan fingerprint density at radius 1 is 1.47 bits per heavy atom. The predicted molar refractivity (Wildman–Crippen MR) is 67.4 cm³/mol. The zero-order valence-corrected chi connectivity index (χ0v) is 11.0. The van der Waals surface area contributed by atoms with Crippen LogP contribution in [0.2, 0.25) is 5.02 Å². The van der Waals surface area contributed by atoms with Crippen LogP contribution >= 0.6 is 11.6 Å². The third-order valence-electron chi connectivity index (χ3n) is 2.48. The second-order valence-corrected chi connectivity index (χ2v) is 4.67. The maximum absolute atomic E-state index is 13.3. The van der Waals surface area contributed by atoms with Crippen LogP contribution in [0.15, 0.2) is 18.2 Å². The molecule has 1 heterocycles. The maximum Gasteiger partial charge on any atom is 0.375 e. The fourth-order valence-corrected chi connectivity index (χ4v) is 1.81. The number of hydrogen-bond acceptors (Lipinski definition) is 3. The molecule has 7 heteroatoms. The minimum atomic E-state index is -1.24. The van der Waals surface area contributed by atoms with E-state index in [9.17, 15) is 9.18 Å². The topological polar surface area (TPSA) is 68.0 Å². The molecule has 1 aromatic carbocycles. The summed E-state index contributed by atoms with van der Waals surface area (Å²) in [6.07, 6.45) is 0. The summed E-state index contributed by atoms with van der Waals surface area (Å²) in [5.41, 5.74) is 0.269. The third kappa shape index (κ3) is 2.58. The summed E-state index contributed by atoms with van der Waals surface area (Å²) >= 11 is 5.99. The van der Waals surface area contributed by atoms with Gasteiger partial charge in [-0.3, -0.25) is 0 Å². The summed E-state index contributed by atoms with van der Waals surface area (Å²) in [6, 6.07) is 3.79. The average molecular weight is 284 g/mol. The summed E-state index contributed by atoms with van der Waals surface area (Å²) < 4.78 is 14.6. The lowest BCUT2D eigenvalue weighted by atomic mass is 10.2. The molecule has 0 radical (unpaired) electrons. The van der Waals surface area contributed by atoms with Crippen LogP contribution in [-0.4, -0.2) is 25.8 Å². The first-order valence-electron chi connectivity index (χ1n) is 5.56. The lowest BCUT2D eigenvalue weighted by Gasteiger charge is -2.09. The lowest BCUT2D eigenvalue weighted by molar-refractivity contribution is 0.0683. The number of aromatic nitrogens is 3. The summed E-state index contributed by atoms with van der Waals surface area (Å²) in [5.74, 6) is -1.75. The van der Waals surface area contributed by atoms with Gasteiger partial charge in [-0.05, 0) is 12.1 Å². The Bertz CT molecular complexity index is 640. The van der Waals surface area contributed by atoms with Crippen LogP contribution in [0.3, 0.4) is 0 Å². The molecule has 0 aliphatic carbocycles. The van der Waals surface area contributed by atoms with Gasteiger partial charge in [-0.2, -0.15) is 0 Å². The van der Waals surface area contributed by atoms with Crippen LogP contribution < -0.4 is 0 Å². The number of rotatable bonds is 3. The fraction of sp³-hybridized carbons (Fsp3) is 0.250. The van der Waals surface area contributed by atoms with Crippen LogP contribution in [0.1, 0.15) is 36.2 Å². The molecule has 0 fully saturated rings. The molecule has 0 bridgehead atoms.